The third-order valence-electron chi connectivity index (χ3n) is 8.78. The number of nitrogens with zero attached hydrogens (tertiary/aromatic N) is 5. The van der Waals surface area contributed by atoms with Gasteiger partial charge in [0.05, 0.1) is 29.6 Å². The lowest BCUT2D eigenvalue weighted by Crippen LogP contribution is -2.49. The number of hydrogen-bond acceptors (Lipinski definition) is 7. The molecule has 0 aliphatic carbocycles. The monoisotopic (exact) mass is 601 g/mol. The Morgan fingerprint density at radius 1 is 1.07 bits per heavy atom. The van der Waals surface area contributed by atoms with Gasteiger partial charge in [0.1, 0.15) is 0 Å². The molecule has 0 saturated carbocycles. The van der Waals surface area contributed by atoms with Crippen molar-refractivity contribution in [3.8, 4) is 6.07 Å². The predicted molar refractivity (Wildman–Crippen MR) is 179 cm³/mol. The van der Waals surface area contributed by atoms with Crippen LogP contribution in [0.1, 0.15) is 54.6 Å². The van der Waals surface area contributed by atoms with E-state index in [9.17, 15) is 15.2 Å². The molecule has 8 heteroatoms. The Morgan fingerprint density at radius 3 is 2.37 bits per heavy atom. The fourth-order valence-electron chi connectivity index (χ4n) is 6.49. The van der Waals surface area contributed by atoms with Gasteiger partial charge in [0, 0.05) is 68.0 Å². The van der Waals surface area contributed by atoms with Gasteiger partial charge in [-0.05, 0) is 81.7 Å². The number of amides is 1. The topological polar surface area (TPSA) is 74.0 Å². The summed E-state index contributed by atoms with van der Waals surface area (Å²) in [5, 5.41) is 19.8. The van der Waals surface area contributed by atoms with Crippen molar-refractivity contribution in [2.45, 2.75) is 57.9 Å². The number of benzene rings is 2. The SMILES string of the molecule is C/C=C\C(=C(\C#N)CC)N1CCC(N(CCO)c2cc(C(=O)N3CCN(c4ccccc4SC)CC3)c(C)cc2C)CC1. The first-order valence-electron chi connectivity index (χ1n) is 15.5. The summed E-state index contributed by atoms with van der Waals surface area (Å²) in [7, 11) is 0. The number of thioether (sulfide) groups is 1. The number of para-hydroxylation sites is 1. The lowest BCUT2D eigenvalue weighted by atomic mass is 9.97. The zero-order valence-corrected chi connectivity index (χ0v) is 27.3. The van der Waals surface area contributed by atoms with E-state index >= 15 is 0 Å². The number of allylic oxidation sites excluding steroid dienone is 3. The Bertz CT molecular complexity index is 1360. The van der Waals surface area contributed by atoms with Crippen molar-refractivity contribution in [1.82, 2.24) is 9.80 Å². The van der Waals surface area contributed by atoms with E-state index < -0.39 is 0 Å². The van der Waals surface area contributed by atoms with Crippen LogP contribution in [0.25, 0.3) is 0 Å². The summed E-state index contributed by atoms with van der Waals surface area (Å²) < 4.78 is 0. The van der Waals surface area contributed by atoms with Crippen LogP contribution in [0.2, 0.25) is 0 Å². The number of anilines is 2. The predicted octanol–water partition coefficient (Wildman–Crippen LogP) is 6.01. The van der Waals surface area contributed by atoms with Crippen LogP contribution in [0.3, 0.4) is 0 Å². The molecule has 0 unspecified atom stereocenters. The average Bonchev–Trinajstić information content (AvgIpc) is 3.04. The molecule has 2 aliphatic heterocycles. The summed E-state index contributed by atoms with van der Waals surface area (Å²) in [5.74, 6) is 0.0834. The fraction of sp³-hybridized carbons (Fsp3) is 0.486. The molecule has 2 saturated heterocycles. The molecule has 1 amide bonds. The van der Waals surface area contributed by atoms with Gasteiger partial charge in [0.2, 0.25) is 0 Å². The van der Waals surface area contributed by atoms with Crippen LogP contribution in [-0.4, -0.2) is 85.5 Å². The van der Waals surface area contributed by atoms with Crippen molar-refractivity contribution >= 4 is 29.0 Å². The second-order valence-electron chi connectivity index (χ2n) is 11.4. The van der Waals surface area contributed by atoms with E-state index in [1.807, 2.05) is 31.7 Å². The molecule has 0 radical (unpaired) electrons. The number of carbonyl (C=O) groups is 1. The minimum Gasteiger partial charge on any atom is -0.395 e. The molecule has 0 atom stereocenters. The smallest absolute Gasteiger partial charge is 0.254 e. The zero-order valence-electron chi connectivity index (χ0n) is 26.5. The summed E-state index contributed by atoms with van der Waals surface area (Å²) in [6.07, 6.45) is 8.71. The largest absolute Gasteiger partial charge is 0.395 e. The standard InChI is InChI=1S/C35H47N5O2S/c1-6-10-31(28(7-2)25-36)37-15-13-29(14-16-37)40(21-22-41)33-24-30(26(3)23-27(33)4)35(42)39-19-17-38(18-20-39)32-11-8-9-12-34(32)43-5/h6,8-12,23-24,29,41H,7,13-22H2,1-5H3/b10-6-,31-28-. The molecule has 43 heavy (non-hydrogen) atoms. The maximum Gasteiger partial charge on any atom is 0.254 e. The van der Waals surface area contributed by atoms with Crippen LogP contribution in [0.5, 0.6) is 0 Å². The van der Waals surface area contributed by atoms with E-state index in [0.717, 1.165) is 72.7 Å². The number of aliphatic hydroxyl groups is 1. The van der Waals surface area contributed by atoms with Crippen LogP contribution < -0.4 is 9.80 Å². The first-order valence-corrected chi connectivity index (χ1v) is 16.8. The molecule has 2 aromatic carbocycles. The Kier molecular flexibility index (Phi) is 11.6. The second kappa shape index (κ2) is 15.4. The fourth-order valence-corrected chi connectivity index (χ4v) is 7.11. The van der Waals surface area contributed by atoms with E-state index in [2.05, 4.69) is 76.4 Å². The average molecular weight is 602 g/mol. The van der Waals surface area contributed by atoms with Gasteiger partial charge in [0.25, 0.3) is 5.91 Å². The molecule has 0 aromatic heterocycles. The molecule has 1 N–H and O–H groups in total. The van der Waals surface area contributed by atoms with Crippen molar-refractivity contribution in [2.24, 2.45) is 0 Å². The number of nitriles is 1. The number of aliphatic hydroxyl groups excluding tert-OH is 1. The third-order valence-corrected chi connectivity index (χ3v) is 9.57. The minimum atomic E-state index is 0.0500. The maximum absolute atomic E-state index is 13.9. The summed E-state index contributed by atoms with van der Waals surface area (Å²) in [4.78, 5) is 24.2. The molecule has 0 bridgehead atoms. The van der Waals surface area contributed by atoms with Crippen LogP contribution in [0.4, 0.5) is 11.4 Å². The number of piperazine rings is 1. The number of piperidine rings is 1. The van der Waals surface area contributed by atoms with Crippen molar-refractivity contribution in [1.29, 1.82) is 5.26 Å². The molecule has 230 valence electrons. The van der Waals surface area contributed by atoms with Crippen LogP contribution >= 0.6 is 11.8 Å². The summed E-state index contributed by atoms with van der Waals surface area (Å²) >= 11 is 1.76. The van der Waals surface area contributed by atoms with Crippen LogP contribution in [0, 0.1) is 25.2 Å². The molecule has 2 heterocycles. The van der Waals surface area contributed by atoms with Gasteiger partial charge in [0.15, 0.2) is 0 Å². The maximum atomic E-state index is 13.9. The second-order valence-corrected chi connectivity index (χ2v) is 12.2. The van der Waals surface area contributed by atoms with Gasteiger partial charge in [-0.2, -0.15) is 5.26 Å². The van der Waals surface area contributed by atoms with Crippen molar-refractivity contribution in [3.05, 3.63) is 76.5 Å². The van der Waals surface area contributed by atoms with Gasteiger partial charge in [-0.25, -0.2) is 0 Å². The Morgan fingerprint density at radius 2 is 1.77 bits per heavy atom. The van der Waals surface area contributed by atoms with Gasteiger partial charge >= 0.3 is 0 Å². The highest BCUT2D eigenvalue weighted by Gasteiger charge is 2.29. The van der Waals surface area contributed by atoms with E-state index in [1.54, 1.807) is 11.8 Å². The molecular formula is C35H47N5O2S. The minimum absolute atomic E-state index is 0.0500. The van der Waals surface area contributed by atoms with E-state index in [0.29, 0.717) is 26.1 Å². The number of carbonyl (C=O) groups excluding carboxylic acids is 1. The lowest BCUT2D eigenvalue weighted by molar-refractivity contribution is 0.0746. The Balaban J connectivity index is 1.51. The first kappa shape index (κ1) is 32.5. The highest BCUT2D eigenvalue weighted by molar-refractivity contribution is 7.98. The van der Waals surface area contributed by atoms with Crippen LogP contribution in [0.15, 0.2) is 64.7 Å². The molecule has 4 rings (SSSR count). The van der Waals surface area contributed by atoms with Crippen LogP contribution in [-0.2, 0) is 0 Å². The number of aryl methyl sites for hydroxylation is 2. The number of rotatable bonds is 10. The zero-order chi connectivity index (χ0) is 30.9. The molecular weight excluding hydrogens is 554 g/mol. The highest BCUT2D eigenvalue weighted by atomic mass is 32.2. The molecule has 2 aromatic rings. The van der Waals surface area contributed by atoms with Crippen molar-refractivity contribution < 1.29 is 9.90 Å². The summed E-state index contributed by atoms with van der Waals surface area (Å²) in [6, 6.07) is 15.3. The van der Waals surface area contributed by atoms with Gasteiger partial charge in [-0.15, -0.1) is 11.8 Å². The quantitative estimate of drug-likeness (QED) is 0.203. The van der Waals surface area contributed by atoms with E-state index in [1.165, 1.54) is 10.6 Å². The first-order chi connectivity index (χ1) is 20.9. The Hall–Kier alpha value is -3.41. The van der Waals surface area contributed by atoms with Gasteiger partial charge in [-0.3, -0.25) is 4.79 Å². The van der Waals surface area contributed by atoms with Crippen molar-refractivity contribution in [3.63, 3.8) is 0 Å². The lowest BCUT2D eigenvalue weighted by Gasteiger charge is -2.42. The number of hydrogen-bond donors (Lipinski definition) is 1. The van der Waals surface area contributed by atoms with E-state index in [4.69, 9.17) is 0 Å². The normalized spacial score (nSPS) is 16.8. The summed E-state index contributed by atoms with van der Waals surface area (Å²) in [5.41, 5.74) is 6.98. The number of likely N-dealkylation sites (tertiary alicyclic amines) is 1. The highest BCUT2D eigenvalue weighted by Crippen LogP contribution is 2.32. The van der Waals surface area contributed by atoms with Crippen molar-refractivity contribution in [2.75, 3.05) is 68.5 Å². The molecule has 2 fully saturated rings. The third kappa shape index (κ3) is 7.39. The molecule has 2 aliphatic rings. The summed E-state index contributed by atoms with van der Waals surface area (Å²) in [6.45, 7) is 13.4. The van der Waals surface area contributed by atoms with Gasteiger partial charge in [-0.1, -0.05) is 31.2 Å². The molecule has 0 spiro atoms. The Labute approximate surface area is 262 Å². The van der Waals surface area contributed by atoms with Gasteiger partial charge < -0.3 is 24.7 Å². The van der Waals surface area contributed by atoms with E-state index in [-0.39, 0.29) is 18.6 Å². The molecule has 7 nitrogen and oxygen atoms in total.